The van der Waals surface area contributed by atoms with E-state index in [1.165, 1.54) is 12.8 Å². The smallest absolute Gasteiger partial charge is 0.169 e. The SMILES string of the molecule is COc1cccc(-c2cn[nH]c2N)c1OC1CCCC1. The van der Waals surface area contributed by atoms with Gasteiger partial charge in [-0.2, -0.15) is 5.10 Å². The Morgan fingerprint density at radius 3 is 2.70 bits per heavy atom. The minimum Gasteiger partial charge on any atom is -0.493 e. The maximum atomic E-state index is 6.19. The average molecular weight is 273 g/mol. The van der Waals surface area contributed by atoms with E-state index in [-0.39, 0.29) is 6.10 Å². The fourth-order valence-corrected chi connectivity index (χ4v) is 2.69. The number of H-pyrrole nitrogens is 1. The van der Waals surface area contributed by atoms with E-state index in [9.17, 15) is 0 Å². The number of para-hydroxylation sites is 1. The van der Waals surface area contributed by atoms with Crippen molar-refractivity contribution in [2.75, 3.05) is 12.8 Å². The molecule has 0 atom stereocenters. The molecule has 5 heteroatoms. The quantitative estimate of drug-likeness (QED) is 0.898. The molecule has 0 radical (unpaired) electrons. The molecular formula is C15H19N3O2. The molecule has 0 unspecified atom stereocenters. The van der Waals surface area contributed by atoms with Crippen molar-refractivity contribution in [3.8, 4) is 22.6 Å². The van der Waals surface area contributed by atoms with E-state index in [0.717, 1.165) is 35.5 Å². The summed E-state index contributed by atoms with van der Waals surface area (Å²) in [6.07, 6.45) is 6.62. The second-order valence-corrected chi connectivity index (χ2v) is 5.06. The van der Waals surface area contributed by atoms with Crippen LogP contribution in [0.25, 0.3) is 11.1 Å². The van der Waals surface area contributed by atoms with E-state index >= 15 is 0 Å². The second-order valence-electron chi connectivity index (χ2n) is 5.06. The van der Waals surface area contributed by atoms with Crippen LogP contribution in [-0.2, 0) is 0 Å². The Balaban J connectivity index is 2.02. The van der Waals surface area contributed by atoms with Crippen LogP contribution in [-0.4, -0.2) is 23.4 Å². The summed E-state index contributed by atoms with van der Waals surface area (Å²) in [7, 11) is 1.65. The van der Waals surface area contributed by atoms with E-state index in [2.05, 4.69) is 10.2 Å². The van der Waals surface area contributed by atoms with E-state index in [1.54, 1.807) is 13.3 Å². The molecule has 1 aliphatic rings. The molecule has 5 nitrogen and oxygen atoms in total. The van der Waals surface area contributed by atoms with Gasteiger partial charge in [0.25, 0.3) is 0 Å². The van der Waals surface area contributed by atoms with Crippen LogP contribution < -0.4 is 15.2 Å². The molecule has 1 heterocycles. The van der Waals surface area contributed by atoms with Gasteiger partial charge < -0.3 is 15.2 Å². The number of rotatable bonds is 4. The first-order valence-corrected chi connectivity index (χ1v) is 6.92. The van der Waals surface area contributed by atoms with Gasteiger partial charge in [0.2, 0.25) is 0 Å². The third-order valence-corrected chi connectivity index (χ3v) is 3.74. The number of aromatic amines is 1. The minimum atomic E-state index is 0.262. The Morgan fingerprint density at radius 2 is 2.05 bits per heavy atom. The number of aromatic nitrogens is 2. The standard InChI is InChI=1S/C15H19N3O2/c1-19-13-8-4-7-11(12-9-17-18-15(12)16)14(13)20-10-5-2-3-6-10/h4,7-10H,2-3,5-6H2,1H3,(H3,16,17,18). The maximum absolute atomic E-state index is 6.19. The summed E-state index contributed by atoms with van der Waals surface area (Å²) in [4.78, 5) is 0. The molecule has 0 aliphatic heterocycles. The predicted octanol–water partition coefficient (Wildman–Crippen LogP) is 2.99. The summed E-state index contributed by atoms with van der Waals surface area (Å²) in [6, 6.07) is 5.82. The largest absolute Gasteiger partial charge is 0.493 e. The lowest BCUT2D eigenvalue weighted by Crippen LogP contribution is -2.12. The number of nitrogens with one attached hydrogen (secondary N) is 1. The molecule has 3 N–H and O–H groups in total. The van der Waals surface area contributed by atoms with Gasteiger partial charge in [0.05, 0.1) is 19.4 Å². The number of anilines is 1. The minimum absolute atomic E-state index is 0.262. The molecule has 1 fully saturated rings. The molecule has 1 aliphatic carbocycles. The van der Waals surface area contributed by atoms with E-state index in [0.29, 0.717) is 5.82 Å². The highest BCUT2D eigenvalue weighted by atomic mass is 16.5. The van der Waals surface area contributed by atoms with Crippen molar-refractivity contribution in [2.24, 2.45) is 0 Å². The van der Waals surface area contributed by atoms with Crippen molar-refractivity contribution in [1.29, 1.82) is 0 Å². The van der Waals surface area contributed by atoms with Crippen molar-refractivity contribution in [2.45, 2.75) is 31.8 Å². The lowest BCUT2D eigenvalue weighted by atomic mass is 10.1. The Labute approximate surface area is 118 Å². The third kappa shape index (κ3) is 2.31. The number of nitrogen functional groups attached to an aromatic ring is 1. The van der Waals surface area contributed by atoms with Crippen molar-refractivity contribution in [3.63, 3.8) is 0 Å². The van der Waals surface area contributed by atoms with Gasteiger partial charge in [0, 0.05) is 11.1 Å². The Kier molecular flexibility index (Phi) is 3.50. The lowest BCUT2D eigenvalue weighted by Gasteiger charge is -2.19. The van der Waals surface area contributed by atoms with Gasteiger partial charge in [0.15, 0.2) is 11.5 Å². The van der Waals surface area contributed by atoms with Crippen molar-refractivity contribution in [3.05, 3.63) is 24.4 Å². The van der Waals surface area contributed by atoms with Crippen LogP contribution in [0.2, 0.25) is 0 Å². The molecule has 1 aromatic heterocycles. The van der Waals surface area contributed by atoms with Gasteiger partial charge in [-0.25, -0.2) is 0 Å². The van der Waals surface area contributed by atoms with Crippen LogP contribution in [0, 0.1) is 0 Å². The first-order valence-electron chi connectivity index (χ1n) is 6.92. The van der Waals surface area contributed by atoms with Crippen LogP contribution in [0.4, 0.5) is 5.82 Å². The van der Waals surface area contributed by atoms with Crippen LogP contribution in [0.5, 0.6) is 11.5 Å². The zero-order valence-electron chi connectivity index (χ0n) is 11.6. The van der Waals surface area contributed by atoms with E-state index in [1.807, 2.05) is 18.2 Å². The highest BCUT2D eigenvalue weighted by molar-refractivity contribution is 5.80. The number of benzene rings is 1. The molecule has 3 rings (SSSR count). The van der Waals surface area contributed by atoms with Gasteiger partial charge in [-0.15, -0.1) is 0 Å². The summed E-state index contributed by atoms with van der Waals surface area (Å²) in [5, 5.41) is 6.74. The Bertz CT molecular complexity index is 589. The number of hydrogen-bond donors (Lipinski definition) is 2. The fraction of sp³-hybridized carbons (Fsp3) is 0.400. The molecule has 0 spiro atoms. The monoisotopic (exact) mass is 273 g/mol. The normalized spacial score (nSPS) is 15.4. The van der Waals surface area contributed by atoms with Gasteiger partial charge in [-0.3, -0.25) is 5.10 Å². The number of ether oxygens (including phenoxy) is 2. The van der Waals surface area contributed by atoms with E-state index in [4.69, 9.17) is 15.2 Å². The number of methoxy groups -OCH3 is 1. The third-order valence-electron chi connectivity index (χ3n) is 3.74. The highest BCUT2D eigenvalue weighted by Crippen LogP contribution is 2.41. The zero-order valence-corrected chi connectivity index (χ0v) is 11.6. The summed E-state index contributed by atoms with van der Waals surface area (Å²) in [5.41, 5.74) is 7.69. The number of nitrogens with zero attached hydrogens (tertiary/aromatic N) is 1. The zero-order chi connectivity index (χ0) is 13.9. The van der Waals surface area contributed by atoms with Gasteiger partial charge in [-0.05, 0) is 31.7 Å². The van der Waals surface area contributed by atoms with Crippen LogP contribution in [0.1, 0.15) is 25.7 Å². The van der Waals surface area contributed by atoms with Gasteiger partial charge >= 0.3 is 0 Å². The first-order chi connectivity index (χ1) is 9.79. The Hall–Kier alpha value is -2.17. The molecule has 1 saturated carbocycles. The summed E-state index contributed by atoms with van der Waals surface area (Å²) in [5.74, 6) is 2.03. The second kappa shape index (κ2) is 5.45. The van der Waals surface area contributed by atoms with Crippen LogP contribution in [0.3, 0.4) is 0 Å². The number of nitrogens with two attached hydrogens (primary N) is 1. The van der Waals surface area contributed by atoms with Crippen LogP contribution in [0.15, 0.2) is 24.4 Å². The molecule has 106 valence electrons. The fourth-order valence-electron chi connectivity index (χ4n) is 2.69. The summed E-state index contributed by atoms with van der Waals surface area (Å²) in [6.45, 7) is 0. The highest BCUT2D eigenvalue weighted by Gasteiger charge is 2.22. The molecule has 1 aromatic carbocycles. The Morgan fingerprint density at radius 1 is 1.25 bits per heavy atom. The first kappa shape index (κ1) is 12.8. The van der Waals surface area contributed by atoms with Crippen molar-refractivity contribution in [1.82, 2.24) is 10.2 Å². The molecular weight excluding hydrogens is 254 g/mol. The molecule has 20 heavy (non-hydrogen) atoms. The van der Waals surface area contributed by atoms with Crippen molar-refractivity contribution >= 4 is 5.82 Å². The molecule has 2 aromatic rings. The summed E-state index contributed by atoms with van der Waals surface area (Å²) < 4.78 is 11.6. The number of hydrogen-bond acceptors (Lipinski definition) is 4. The average Bonchev–Trinajstić information content (AvgIpc) is 3.11. The maximum Gasteiger partial charge on any atom is 0.169 e. The lowest BCUT2D eigenvalue weighted by molar-refractivity contribution is 0.202. The topological polar surface area (TPSA) is 73.2 Å². The van der Waals surface area contributed by atoms with Crippen molar-refractivity contribution < 1.29 is 9.47 Å². The van der Waals surface area contributed by atoms with Gasteiger partial charge in [-0.1, -0.05) is 12.1 Å². The molecule has 0 saturated heterocycles. The summed E-state index contributed by atoms with van der Waals surface area (Å²) >= 11 is 0. The molecule has 0 amide bonds. The predicted molar refractivity (Wildman–Crippen MR) is 77.9 cm³/mol. The van der Waals surface area contributed by atoms with E-state index < -0.39 is 0 Å². The van der Waals surface area contributed by atoms with Crippen LogP contribution >= 0.6 is 0 Å². The molecule has 0 bridgehead atoms. The van der Waals surface area contributed by atoms with Gasteiger partial charge in [0.1, 0.15) is 5.82 Å².